The lowest BCUT2D eigenvalue weighted by Gasteiger charge is -2.18. The molecule has 0 aromatic heterocycles. The summed E-state index contributed by atoms with van der Waals surface area (Å²) in [5.41, 5.74) is 1.18. The van der Waals surface area contributed by atoms with E-state index in [0.29, 0.717) is 6.42 Å². The van der Waals surface area contributed by atoms with Crippen LogP contribution in [0.25, 0.3) is 0 Å². The van der Waals surface area contributed by atoms with Gasteiger partial charge in [-0.05, 0) is 43.0 Å². The van der Waals surface area contributed by atoms with Crippen molar-refractivity contribution in [2.24, 2.45) is 0 Å². The molecular formula is C15H21BrF3NO. The number of rotatable bonds is 9. The Morgan fingerprint density at radius 1 is 1.33 bits per heavy atom. The van der Waals surface area contributed by atoms with E-state index in [1.54, 1.807) is 0 Å². The highest BCUT2D eigenvalue weighted by Crippen LogP contribution is 2.24. The molecule has 0 aliphatic rings. The Balaban J connectivity index is 2.43. The van der Waals surface area contributed by atoms with Gasteiger partial charge in [0.15, 0.2) is 0 Å². The lowest BCUT2D eigenvalue weighted by Crippen LogP contribution is -2.22. The monoisotopic (exact) mass is 367 g/mol. The molecule has 6 heteroatoms. The van der Waals surface area contributed by atoms with Crippen LogP contribution in [-0.2, 0) is 4.74 Å². The Labute approximate surface area is 132 Å². The van der Waals surface area contributed by atoms with Crippen LogP contribution >= 0.6 is 15.9 Å². The van der Waals surface area contributed by atoms with Crippen molar-refractivity contribution in [1.29, 1.82) is 0 Å². The first-order valence-electron chi connectivity index (χ1n) is 7.03. The maximum Gasteiger partial charge on any atom is 0.411 e. The number of nitrogens with one attached hydrogen (secondary N) is 1. The summed E-state index contributed by atoms with van der Waals surface area (Å²) in [6.45, 7) is 2.68. The van der Waals surface area contributed by atoms with Gasteiger partial charge in [0.2, 0.25) is 0 Å². The van der Waals surface area contributed by atoms with Gasteiger partial charge < -0.3 is 10.1 Å². The molecular weight excluding hydrogens is 347 g/mol. The topological polar surface area (TPSA) is 21.3 Å². The number of halogens is 4. The van der Waals surface area contributed by atoms with Crippen LogP contribution in [0.2, 0.25) is 0 Å². The summed E-state index contributed by atoms with van der Waals surface area (Å²) in [7, 11) is 0. The average Bonchev–Trinajstić information content (AvgIpc) is 2.40. The van der Waals surface area contributed by atoms with E-state index in [0.717, 1.165) is 24.0 Å². The fourth-order valence-corrected chi connectivity index (χ4v) is 2.50. The molecule has 0 saturated heterocycles. The summed E-state index contributed by atoms with van der Waals surface area (Å²) < 4.78 is 41.6. The third-order valence-corrected chi connectivity index (χ3v) is 3.56. The predicted octanol–water partition coefficient (Wildman–Crippen LogP) is 4.50. The minimum Gasteiger partial charge on any atom is -0.372 e. The standard InChI is InChI=1S/C15H21BrF3NO/c1-2-20-10-13(12-5-3-7-14(16)9-12)6-4-8-21-11-15(17,18)19/h3,5,7,9,13,20H,2,4,6,8,10-11H2,1H3. The van der Waals surface area contributed by atoms with E-state index in [1.807, 2.05) is 25.1 Å². The van der Waals surface area contributed by atoms with E-state index in [1.165, 1.54) is 5.56 Å². The summed E-state index contributed by atoms with van der Waals surface area (Å²) in [4.78, 5) is 0. The van der Waals surface area contributed by atoms with Crippen molar-refractivity contribution in [3.8, 4) is 0 Å². The molecule has 0 bridgehead atoms. The molecule has 120 valence electrons. The van der Waals surface area contributed by atoms with E-state index in [2.05, 4.69) is 32.0 Å². The molecule has 0 heterocycles. The minimum absolute atomic E-state index is 0.135. The zero-order chi connectivity index (χ0) is 15.7. The summed E-state index contributed by atoms with van der Waals surface area (Å²) in [6.07, 6.45) is -2.84. The van der Waals surface area contributed by atoms with Gasteiger partial charge in [-0.2, -0.15) is 13.2 Å². The highest BCUT2D eigenvalue weighted by molar-refractivity contribution is 9.10. The van der Waals surface area contributed by atoms with Crippen molar-refractivity contribution in [2.75, 3.05) is 26.3 Å². The number of hydrogen-bond donors (Lipinski definition) is 1. The third-order valence-electron chi connectivity index (χ3n) is 3.07. The molecule has 0 saturated carbocycles. The molecule has 1 aromatic rings. The Morgan fingerprint density at radius 3 is 2.71 bits per heavy atom. The van der Waals surface area contributed by atoms with E-state index in [4.69, 9.17) is 0 Å². The van der Waals surface area contributed by atoms with Crippen LogP contribution < -0.4 is 5.32 Å². The van der Waals surface area contributed by atoms with Crippen LogP contribution in [0.15, 0.2) is 28.7 Å². The second kappa shape index (κ2) is 9.43. The molecule has 0 amide bonds. The van der Waals surface area contributed by atoms with Gasteiger partial charge in [-0.15, -0.1) is 0 Å². The van der Waals surface area contributed by atoms with Crippen molar-refractivity contribution in [1.82, 2.24) is 5.32 Å². The highest BCUT2D eigenvalue weighted by Gasteiger charge is 2.27. The van der Waals surface area contributed by atoms with E-state index < -0.39 is 12.8 Å². The summed E-state index contributed by atoms with van der Waals surface area (Å²) in [5, 5.41) is 3.30. The molecule has 0 fully saturated rings. The summed E-state index contributed by atoms with van der Waals surface area (Å²) in [5.74, 6) is 0.275. The van der Waals surface area contributed by atoms with Crippen LogP contribution in [0.5, 0.6) is 0 Å². The molecule has 1 rings (SSSR count). The molecule has 1 unspecified atom stereocenters. The first-order chi connectivity index (χ1) is 9.92. The van der Waals surface area contributed by atoms with Crippen molar-refractivity contribution < 1.29 is 17.9 Å². The number of hydrogen-bond acceptors (Lipinski definition) is 2. The van der Waals surface area contributed by atoms with E-state index in [-0.39, 0.29) is 12.5 Å². The Bertz CT molecular complexity index is 412. The zero-order valence-corrected chi connectivity index (χ0v) is 13.6. The first kappa shape index (κ1) is 18.5. The average molecular weight is 368 g/mol. The summed E-state index contributed by atoms with van der Waals surface area (Å²) >= 11 is 3.44. The number of alkyl halides is 3. The van der Waals surface area contributed by atoms with Crippen molar-refractivity contribution in [3.63, 3.8) is 0 Å². The Hall–Kier alpha value is -0.590. The molecule has 2 nitrogen and oxygen atoms in total. The first-order valence-corrected chi connectivity index (χ1v) is 7.82. The highest BCUT2D eigenvalue weighted by atomic mass is 79.9. The Morgan fingerprint density at radius 2 is 2.10 bits per heavy atom. The molecule has 21 heavy (non-hydrogen) atoms. The van der Waals surface area contributed by atoms with Gasteiger partial charge in [0, 0.05) is 17.6 Å². The van der Waals surface area contributed by atoms with E-state index >= 15 is 0 Å². The fraction of sp³-hybridized carbons (Fsp3) is 0.600. The molecule has 0 radical (unpaired) electrons. The normalized spacial score (nSPS) is 13.4. The third kappa shape index (κ3) is 8.44. The van der Waals surface area contributed by atoms with Crippen LogP contribution in [0.3, 0.4) is 0 Å². The summed E-state index contributed by atoms with van der Waals surface area (Å²) in [6, 6.07) is 8.03. The SMILES string of the molecule is CCNCC(CCCOCC(F)(F)F)c1cccc(Br)c1. The van der Waals surface area contributed by atoms with Gasteiger partial charge in [0.1, 0.15) is 6.61 Å². The van der Waals surface area contributed by atoms with Crippen LogP contribution in [0.4, 0.5) is 13.2 Å². The van der Waals surface area contributed by atoms with Gasteiger partial charge in [-0.3, -0.25) is 0 Å². The molecule has 0 spiro atoms. The molecule has 1 N–H and O–H groups in total. The largest absolute Gasteiger partial charge is 0.411 e. The predicted molar refractivity (Wildman–Crippen MR) is 81.5 cm³/mol. The zero-order valence-electron chi connectivity index (χ0n) is 12.0. The fourth-order valence-electron chi connectivity index (χ4n) is 2.09. The smallest absolute Gasteiger partial charge is 0.372 e. The van der Waals surface area contributed by atoms with E-state index in [9.17, 15) is 13.2 Å². The quantitative estimate of drug-likeness (QED) is 0.648. The Kier molecular flexibility index (Phi) is 8.29. The number of benzene rings is 1. The van der Waals surface area contributed by atoms with Crippen molar-refractivity contribution >= 4 is 15.9 Å². The lowest BCUT2D eigenvalue weighted by atomic mass is 9.94. The van der Waals surface area contributed by atoms with Crippen molar-refractivity contribution in [3.05, 3.63) is 34.3 Å². The van der Waals surface area contributed by atoms with Crippen LogP contribution in [-0.4, -0.2) is 32.5 Å². The lowest BCUT2D eigenvalue weighted by molar-refractivity contribution is -0.174. The van der Waals surface area contributed by atoms with Crippen LogP contribution in [0.1, 0.15) is 31.2 Å². The maximum atomic E-state index is 12.0. The second-order valence-corrected chi connectivity index (χ2v) is 5.79. The maximum absolute atomic E-state index is 12.0. The van der Waals surface area contributed by atoms with Gasteiger partial charge >= 0.3 is 6.18 Å². The van der Waals surface area contributed by atoms with Crippen LogP contribution in [0, 0.1) is 0 Å². The van der Waals surface area contributed by atoms with Crippen molar-refractivity contribution in [2.45, 2.75) is 31.9 Å². The number of ether oxygens (including phenoxy) is 1. The molecule has 0 aliphatic heterocycles. The van der Waals surface area contributed by atoms with Gasteiger partial charge in [-0.1, -0.05) is 35.0 Å². The molecule has 1 aromatic carbocycles. The van der Waals surface area contributed by atoms with Gasteiger partial charge in [0.05, 0.1) is 0 Å². The number of likely N-dealkylation sites (N-methyl/N-ethyl adjacent to an activating group) is 1. The van der Waals surface area contributed by atoms with Gasteiger partial charge in [-0.25, -0.2) is 0 Å². The minimum atomic E-state index is -4.24. The molecule has 1 atom stereocenters. The molecule has 0 aliphatic carbocycles. The van der Waals surface area contributed by atoms with Gasteiger partial charge in [0.25, 0.3) is 0 Å². The second-order valence-electron chi connectivity index (χ2n) is 4.87.